The predicted molar refractivity (Wildman–Crippen MR) is 77.1 cm³/mol. The number of ether oxygens (including phenoxy) is 1. The van der Waals surface area contributed by atoms with E-state index in [9.17, 15) is 4.79 Å². The molecule has 1 saturated heterocycles. The van der Waals surface area contributed by atoms with Crippen LogP contribution in [0.3, 0.4) is 0 Å². The van der Waals surface area contributed by atoms with E-state index in [2.05, 4.69) is 11.1 Å². The number of rotatable bonds is 3. The zero-order valence-corrected chi connectivity index (χ0v) is 11.6. The Hall–Kier alpha value is -1.94. The SMILES string of the molecule is CN(Cc1ccc2ccccc2n1)C(=O)[C@@H]1CCOC1. The maximum atomic E-state index is 12.2. The van der Waals surface area contributed by atoms with E-state index in [4.69, 9.17) is 4.74 Å². The Balaban J connectivity index is 1.73. The van der Waals surface area contributed by atoms with Crippen LogP contribution in [0.15, 0.2) is 36.4 Å². The fraction of sp³-hybridized carbons (Fsp3) is 0.375. The summed E-state index contributed by atoms with van der Waals surface area (Å²) in [5.74, 6) is 0.165. The molecule has 104 valence electrons. The summed E-state index contributed by atoms with van der Waals surface area (Å²) < 4.78 is 5.27. The monoisotopic (exact) mass is 270 g/mol. The van der Waals surface area contributed by atoms with Crippen molar-refractivity contribution in [3.05, 3.63) is 42.1 Å². The van der Waals surface area contributed by atoms with E-state index < -0.39 is 0 Å². The molecular weight excluding hydrogens is 252 g/mol. The van der Waals surface area contributed by atoms with Crippen LogP contribution in [0, 0.1) is 5.92 Å². The Kier molecular flexibility index (Phi) is 3.65. The quantitative estimate of drug-likeness (QED) is 0.859. The molecule has 0 spiro atoms. The molecule has 2 aromatic rings. The van der Waals surface area contributed by atoms with E-state index in [0.29, 0.717) is 19.8 Å². The molecule has 1 aromatic heterocycles. The summed E-state index contributed by atoms with van der Waals surface area (Å²) in [6.45, 7) is 1.78. The largest absolute Gasteiger partial charge is 0.381 e. The first-order valence-electron chi connectivity index (χ1n) is 6.91. The number of para-hydroxylation sites is 1. The minimum Gasteiger partial charge on any atom is -0.381 e. The average molecular weight is 270 g/mol. The maximum Gasteiger partial charge on any atom is 0.228 e. The van der Waals surface area contributed by atoms with Crippen LogP contribution in [0.25, 0.3) is 10.9 Å². The number of hydrogen-bond donors (Lipinski definition) is 0. The Morgan fingerprint density at radius 1 is 1.35 bits per heavy atom. The first kappa shape index (κ1) is 13.1. The molecule has 4 heteroatoms. The van der Waals surface area contributed by atoms with Crippen LogP contribution >= 0.6 is 0 Å². The fourth-order valence-electron chi connectivity index (χ4n) is 2.56. The van der Waals surface area contributed by atoms with Crippen LogP contribution in [0.2, 0.25) is 0 Å². The van der Waals surface area contributed by atoms with Gasteiger partial charge in [0, 0.05) is 19.0 Å². The zero-order valence-electron chi connectivity index (χ0n) is 11.6. The zero-order chi connectivity index (χ0) is 13.9. The highest BCUT2D eigenvalue weighted by molar-refractivity contribution is 5.80. The summed E-state index contributed by atoms with van der Waals surface area (Å²) in [4.78, 5) is 18.6. The molecule has 2 heterocycles. The van der Waals surface area contributed by atoms with Gasteiger partial charge in [-0.05, 0) is 18.6 Å². The lowest BCUT2D eigenvalue weighted by Crippen LogP contribution is -2.33. The number of carbonyl (C=O) groups is 1. The topological polar surface area (TPSA) is 42.4 Å². The molecule has 1 amide bonds. The molecule has 1 atom stereocenters. The van der Waals surface area contributed by atoms with E-state index in [1.807, 2.05) is 37.4 Å². The number of carbonyl (C=O) groups excluding carboxylic acids is 1. The molecule has 1 aromatic carbocycles. The van der Waals surface area contributed by atoms with Gasteiger partial charge in [0.1, 0.15) is 0 Å². The number of benzene rings is 1. The first-order chi connectivity index (χ1) is 9.74. The minimum absolute atomic E-state index is 0.0143. The van der Waals surface area contributed by atoms with Crippen molar-refractivity contribution in [2.75, 3.05) is 20.3 Å². The van der Waals surface area contributed by atoms with Crippen molar-refractivity contribution in [2.24, 2.45) is 5.92 Å². The normalized spacial score (nSPS) is 18.4. The number of hydrogen-bond acceptors (Lipinski definition) is 3. The molecule has 3 rings (SSSR count). The molecule has 0 unspecified atom stereocenters. The first-order valence-corrected chi connectivity index (χ1v) is 6.91. The maximum absolute atomic E-state index is 12.2. The Morgan fingerprint density at radius 2 is 2.20 bits per heavy atom. The number of pyridine rings is 1. The highest BCUT2D eigenvalue weighted by Crippen LogP contribution is 2.17. The Morgan fingerprint density at radius 3 is 3.00 bits per heavy atom. The van der Waals surface area contributed by atoms with Gasteiger partial charge in [-0.3, -0.25) is 9.78 Å². The van der Waals surface area contributed by atoms with Crippen LogP contribution in [-0.4, -0.2) is 36.1 Å². The summed E-state index contributed by atoms with van der Waals surface area (Å²) in [5, 5.41) is 1.12. The average Bonchev–Trinajstić information content (AvgIpc) is 3.00. The molecule has 0 saturated carbocycles. The van der Waals surface area contributed by atoms with Gasteiger partial charge in [0.15, 0.2) is 0 Å². The van der Waals surface area contributed by atoms with Crippen LogP contribution in [-0.2, 0) is 16.1 Å². The molecule has 1 aliphatic heterocycles. The smallest absolute Gasteiger partial charge is 0.228 e. The van der Waals surface area contributed by atoms with Gasteiger partial charge >= 0.3 is 0 Å². The number of fused-ring (bicyclic) bond motifs is 1. The minimum atomic E-state index is 0.0143. The lowest BCUT2D eigenvalue weighted by atomic mass is 10.1. The fourth-order valence-corrected chi connectivity index (χ4v) is 2.56. The number of aromatic nitrogens is 1. The molecule has 0 N–H and O–H groups in total. The van der Waals surface area contributed by atoms with Gasteiger partial charge in [-0.25, -0.2) is 0 Å². The van der Waals surface area contributed by atoms with E-state index in [0.717, 1.165) is 23.0 Å². The van der Waals surface area contributed by atoms with Gasteiger partial charge in [0.05, 0.1) is 30.3 Å². The second kappa shape index (κ2) is 5.59. The molecule has 1 fully saturated rings. The molecule has 0 bridgehead atoms. The molecule has 20 heavy (non-hydrogen) atoms. The van der Waals surface area contributed by atoms with Gasteiger partial charge in [-0.1, -0.05) is 24.3 Å². The van der Waals surface area contributed by atoms with Crippen molar-refractivity contribution in [3.63, 3.8) is 0 Å². The van der Waals surface area contributed by atoms with Crippen molar-refractivity contribution in [1.29, 1.82) is 0 Å². The third-order valence-electron chi connectivity index (χ3n) is 3.71. The van der Waals surface area contributed by atoms with Crippen molar-refractivity contribution >= 4 is 16.8 Å². The molecular formula is C16H18N2O2. The van der Waals surface area contributed by atoms with E-state index in [1.165, 1.54) is 0 Å². The standard InChI is InChI=1S/C16H18N2O2/c1-18(16(19)13-8-9-20-11-13)10-14-7-6-12-4-2-3-5-15(12)17-14/h2-7,13H,8-11H2,1H3/t13-/m1/s1. The summed E-state index contributed by atoms with van der Waals surface area (Å²) in [5.41, 5.74) is 1.88. The summed E-state index contributed by atoms with van der Waals surface area (Å²) in [7, 11) is 1.83. The lowest BCUT2D eigenvalue weighted by molar-refractivity contribution is -0.134. The van der Waals surface area contributed by atoms with Gasteiger partial charge < -0.3 is 9.64 Å². The third kappa shape index (κ3) is 2.65. The van der Waals surface area contributed by atoms with Gasteiger partial charge in [-0.15, -0.1) is 0 Å². The second-order valence-electron chi connectivity index (χ2n) is 5.25. The lowest BCUT2D eigenvalue weighted by Gasteiger charge is -2.20. The summed E-state index contributed by atoms with van der Waals surface area (Å²) in [6, 6.07) is 12.0. The van der Waals surface area contributed by atoms with Gasteiger partial charge in [0.2, 0.25) is 5.91 Å². The van der Waals surface area contributed by atoms with Crippen molar-refractivity contribution in [3.8, 4) is 0 Å². The van der Waals surface area contributed by atoms with Crippen LogP contribution < -0.4 is 0 Å². The third-order valence-corrected chi connectivity index (χ3v) is 3.71. The highest BCUT2D eigenvalue weighted by atomic mass is 16.5. The predicted octanol–water partition coefficient (Wildman–Crippen LogP) is 2.23. The highest BCUT2D eigenvalue weighted by Gasteiger charge is 2.26. The second-order valence-corrected chi connectivity index (χ2v) is 5.25. The Labute approximate surface area is 118 Å². The van der Waals surface area contributed by atoms with Gasteiger partial charge in [0.25, 0.3) is 0 Å². The van der Waals surface area contributed by atoms with Crippen molar-refractivity contribution < 1.29 is 9.53 Å². The van der Waals surface area contributed by atoms with E-state index >= 15 is 0 Å². The van der Waals surface area contributed by atoms with Crippen molar-refractivity contribution in [1.82, 2.24) is 9.88 Å². The van der Waals surface area contributed by atoms with E-state index in [1.54, 1.807) is 4.90 Å². The molecule has 0 radical (unpaired) electrons. The summed E-state index contributed by atoms with van der Waals surface area (Å²) in [6.07, 6.45) is 0.828. The molecule has 1 aliphatic rings. The van der Waals surface area contributed by atoms with Crippen LogP contribution in [0.5, 0.6) is 0 Å². The summed E-state index contributed by atoms with van der Waals surface area (Å²) >= 11 is 0. The number of nitrogens with zero attached hydrogens (tertiary/aromatic N) is 2. The molecule has 4 nitrogen and oxygen atoms in total. The van der Waals surface area contributed by atoms with Crippen LogP contribution in [0.1, 0.15) is 12.1 Å². The number of amides is 1. The van der Waals surface area contributed by atoms with E-state index in [-0.39, 0.29) is 11.8 Å². The Bertz CT molecular complexity index is 621. The molecule has 0 aliphatic carbocycles. The van der Waals surface area contributed by atoms with Crippen LogP contribution in [0.4, 0.5) is 0 Å². The van der Waals surface area contributed by atoms with Gasteiger partial charge in [-0.2, -0.15) is 0 Å². The van der Waals surface area contributed by atoms with Crippen molar-refractivity contribution in [2.45, 2.75) is 13.0 Å².